The number of rotatable bonds is 4. The molecule has 104 valence electrons. The molecule has 0 aliphatic carbocycles. The maximum atomic E-state index is 13.2. The van der Waals surface area contributed by atoms with Crippen LogP contribution in [0.2, 0.25) is 0 Å². The van der Waals surface area contributed by atoms with Gasteiger partial charge in [0.05, 0.1) is 0 Å². The van der Waals surface area contributed by atoms with E-state index >= 15 is 0 Å². The lowest BCUT2D eigenvalue weighted by atomic mass is 10.3. The summed E-state index contributed by atoms with van der Waals surface area (Å²) in [5, 5.41) is 4.95. The Balaban J connectivity index is 1.98. The van der Waals surface area contributed by atoms with Gasteiger partial charge in [-0.3, -0.25) is 4.40 Å². The Hall–Kier alpha value is -1.99. The summed E-state index contributed by atoms with van der Waals surface area (Å²) in [5.74, 6) is -1.25. The van der Waals surface area contributed by atoms with E-state index in [0.717, 1.165) is 22.8 Å². The second-order valence-electron chi connectivity index (χ2n) is 4.13. The number of imidazole rings is 1. The molecule has 0 aliphatic heterocycles. The molecule has 0 amide bonds. The second kappa shape index (κ2) is 5.18. The van der Waals surface area contributed by atoms with Gasteiger partial charge in [0, 0.05) is 24.2 Å². The standard InChI is InChI=1S/C13H11F2N3OS/c1-16-7-11-12(17-13-18(11)4-5-20-13)19-8-2-3-9(14)10(15)6-8/h2-6,16H,7H2,1H3. The molecule has 0 radical (unpaired) electrons. The summed E-state index contributed by atoms with van der Waals surface area (Å²) in [7, 11) is 1.81. The normalized spacial score (nSPS) is 11.2. The third-order valence-electron chi connectivity index (χ3n) is 2.77. The van der Waals surface area contributed by atoms with Gasteiger partial charge in [-0.05, 0) is 19.2 Å². The molecule has 0 saturated carbocycles. The Labute approximate surface area is 117 Å². The first-order valence-corrected chi connectivity index (χ1v) is 6.79. The van der Waals surface area contributed by atoms with Crippen molar-refractivity contribution in [1.29, 1.82) is 0 Å². The minimum absolute atomic E-state index is 0.215. The van der Waals surface area contributed by atoms with Crippen LogP contribution in [0.1, 0.15) is 5.69 Å². The summed E-state index contributed by atoms with van der Waals surface area (Å²) >= 11 is 1.47. The molecule has 0 fully saturated rings. The van der Waals surface area contributed by atoms with Gasteiger partial charge in [-0.1, -0.05) is 0 Å². The summed E-state index contributed by atoms with van der Waals surface area (Å²) in [4.78, 5) is 5.13. The van der Waals surface area contributed by atoms with E-state index in [1.807, 2.05) is 23.0 Å². The van der Waals surface area contributed by atoms with Crippen LogP contribution in [0.25, 0.3) is 4.96 Å². The molecular formula is C13H11F2N3OS. The van der Waals surface area contributed by atoms with Gasteiger partial charge in [0.2, 0.25) is 5.88 Å². The van der Waals surface area contributed by atoms with Crippen LogP contribution in [0.3, 0.4) is 0 Å². The third kappa shape index (κ3) is 2.25. The van der Waals surface area contributed by atoms with Crippen molar-refractivity contribution in [3.63, 3.8) is 0 Å². The van der Waals surface area contributed by atoms with Crippen molar-refractivity contribution in [2.24, 2.45) is 0 Å². The lowest BCUT2D eigenvalue weighted by Crippen LogP contribution is -2.08. The van der Waals surface area contributed by atoms with Crippen molar-refractivity contribution < 1.29 is 13.5 Å². The van der Waals surface area contributed by atoms with E-state index in [9.17, 15) is 8.78 Å². The molecule has 0 unspecified atom stereocenters. The monoisotopic (exact) mass is 295 g/mol. The van der Waals surface area contributed by atoms with Gasteiger partial charge in [-0.15, -0.1) is 11.3 Å². The summed E-state index contributed by atoms with van der Waals surface area (Å²) in [6, 6.07) is 3.40. The van der Waals surface area contributed by atoms with Crippen molar-refractivity contribution in [2.75, 3.05) is 7.05 Å². The number of fused-ring (bicyclic) bond motifs is 1. The largest absolute Gasteiger partial charge is 0.437 e. The molecular weight excluding hydrogens is 284 g/mol. The van der Waals surface area contributed by atoms with E-state index in [1.165, 1.54) is 17.4 Å². The van der Waals surface area contributed by atoms with E-state index in [-0.39, 0.29) is 5.75 Å². The molecule has 0 atom stereocenters. The number of nitrogens with one attached hydrogen (secondary N) is 1. The Kier molecular flexibility index (Phi) is 3.37. The topological polar surface area (TPSA) is 38.6 Å². The van der Waals surface area contributed by atoms with Crippen molar-refractivity contribution in [3.05, 3.63) is 47.1 Å². The summed E-state index contributed by atoms with van der Waals surface area (Å²) < 4.78 is 33.5. The maximum Gasteiger partial charge on any atom is 0.243 e. The smallest absolute Gasteiger partial charge is 0.243 e. The first kappa shape index (κ1) is 13.0. The highest BCUT2D eigenvalue weighted by molar-refractivity contribution is 7.15. The molecule has 0 saturated heterocycles. The van der Waals surface area contributed by atoms with Crippen molar-refractivity contribution in [1.82, 2.24) is 14.7 Å². The van der Waals surface area contributed by atoms with Gasteiger partial charge in [0.15, 0.2) is 16.6 Å². The van der Waals surface area contributed by atoms with Gasteiger partial charge in [0.1, 0.15) is 11.4 Å². The van der Waals surface area contributed by atoms with Crippen LogP contribution in [-0.4, -0.2) is 16.4 Å². The average Bonchev–Trinajstić information content (AvgIpc) is 2.98. The molecule has 2 aromatic heterocycles. The molecule has 4 nitrogen and oxygen atoms in total. The van der Waals surface area contributed by atoms with E-state index in [0.29, 0.717) is 12.4 Å². The third-order valence-corrected chi connectivity index (χ3v) is 3.53. The minimum atomic E-state index is -0.946. The number of hydrogen-bond donors (Lipinski definition) is 1. The highest BCUT2D eigenvalue weighted by atomic mass is 32.1. The van der Waals surface area contributed by atoms with Gasteiger partial charge in [-0.2, -0.15) is 4.98 Å². The summed E-state index contributed by atoms with van der Waals surface area (Å²) in [5.41, 5.74) is 0.827. The summed E-state index contributed by atoms with van der Waals surface area (Å²) in [6.45, 7) is 0.552. The highest BCUT2D eigenvalue weighted by Crippen LogP contribution is 2.28. The predicted octanol–water partition coefficient (Wildman–Crippen LogP) is 3.19. The summed E-state index contributed by atoms with van der Waals surface area (Å²) in [6.07, 6.45) is 1.89. The molecule has 1 aromatic carbocycles. The van der Waals surface area contributed by atoms with E-state index < -0.39 is 11.6 Å². The number of hydrogen-bond acceptors (Lipinski definition) is 4. The molecule has 3 aromatic rings. The number of nitrogens with zero attached hydrogens (tertiary/aromatic N) is 2. The quantitative estimate of drug-likeness (QED) is 0.803. The Morgan fingerprint density at radius 2 is 2.20 bits per heavy atom. The van der Waals surface area contributed by atoms with Crippen LogP contribution in [0.4, 0.5) is 8.78 Å². The Morgan fingerprint density at radius 3 is 2.95 bits per heavy atom. The Morgan fingerprint density at radius 1 is 1.35 bits per heavy atom. The molecule has 0 spiro atoms. The molecule has 1 N–H and O–H groups in total. The van der Waals surface area contributed by atoms with Gasteiger partial charge in [0.25, 0.3) is 0 Å². The first-order chi connectivity index (χ1) is 9.69. The molecule has 2 heterocycles. The number of ether oxygens (including phenoxy) is 1. The van der Waals surface area contributed by atoms with Gasteiger partial charge < -0.3 is 10.1 Å². The number of aromatic nitrogens is 2. The van der Waals surface area contributed by atoms with Crippen LogP contribution in [0.5, 0.6) is 11.6 Å². The average molecular weight is 295 g/mol. The molecule has 3 rings (SSSR count). The van der Waals surface area contributed by atoms with Crippen LogP contribution < -0.4 is 10.1 Å². The number of thiazole rings is 1. The fourth-order valence-electron chi connectivity index (χ4n) is 1.87. The predicted molar refractivity (Wildman–Crippen MR) is 72.3 cm³/mol. The zero-order valence-corrected chi connectivity index (χ0v) is 11.4. The molecule has 0 bridgehead atoms. The second-order valence-corrected chi connectivity index (χ2v) is 5.00. The highest BCUT2D eigenvalue weighted by Gasteiger charge is 2.15. The van der Waals surface area contributed by atoms with E-state index in [1.54, 1.807) is 0 Å². The van der Waals surface area contributed by atoms with Crippen LogP contribution in [-0.2, 0) is 6.54 Å². The van der Waals surface area contributed by atoms with Gasteiger partial charge >= 0.3 is 0 Å². The Bertz CT molecular complexity index is 753. The first-order valence-electron chi connectivity index (χ1n) is 5.91. The lowest BCUT2D eigenvalue weighted by molar-refractivity contribution is 0.443. The van der Waals surface area contributed by atoms with Gasteiger partial charge in [-0.25, -0.2) is 8.78 Å². The van der Waals surface area contributed by atoms with Crippen molar-refractivity contribution >= 4 is 16.3 Å². The van der Waals surface area contributed by atoms with Crippen LogP contribution >= 0.6 is 11.3 Å². The number of halogens is 2. The maximum absolute atomic E-state index is 13.2. The fraction of sp³-hybridized carbons (Fsp3) is 0.154. The zero-order valence-electron chi connectivity index (χ0n) is 10.6. The molecule has 0 aliphatic rings. The molecule has 20 heavy (non-hydrogen) atoms. The van der Waals surface area contributed by atoms with E-state index in [4.69, 9.17) is 4.74 Å². The zero-order chi connectivity index (χ0) is 14.1. The van der Waals surface area contributed by atoms with Crippen molar-refractivity contribution in [2.45, 2.75) is 6.54 Å². The van der Waals surface area contributed by atoms with E-state index in [2.05, 4.69) is 10.3 Å². The minimum Gasteiger partial charge on any atom is -0.437 e. The lowest BCUT2D eigenvalue weighted by Gasteiger charge is -2.06. The van der Waals surface area contributed by atoms with Crippen LogP contribution in [0, 0.1) is 11.6 Å². The van der Waals surface area contributed by atoms with Crippen molar-refractivity contribution in [3.8, 4) is 11.6 Å². The molecule has 7 heteroatoms. The fourth-order valence-corrected chi connectivity index (χ4v) is 2.60. The van der Waals surface area contributed by atoms with Crippen LogP contribution in [0.15, 0.2) is 29.8 Å². The number of benzene rings is 1. The SMILES string of the molecule is CNCc1c(Oc2ccc(F)c(F)c2)nc2sccn12.